The summed E-state index contributed by atoms with van der Waals surface area (Å²) < 4.78 is 0. The van der Waals surface area contributed by atoms with Gasteiger partial charge in [-0.25, -0.2) is 4.98 Å². The summed E-state index contributed by atoms with van der Waals surface area (Å²) in [6.45, 7) is 5.36. The van der Waals surface area contributed by atoms with Crippen molar-refractivity contribution in [2.75, 3.05) is 6.54 Å². The third-order valence-electron chi connectivity index (χ3n) is 2.04. The molecule has 0 bridgehead atoms. The number of nitrogens with one attached hydrogen (secondary N) is 1. The van der Waals surface area contributed by atoms with E-state index in [-0.39, 0.29) is 0 Å². The smallest absolute Gasteiger partial charge is 0.0900 e. The molecule has 2 heterocycles. The van der Waals surface area contributed by atoms with Crippen LogP contribution in [0.5, 0.6) is 0 Å². The first kappa shape index (κ1) is 7.25. The van der Waals surface area contributed by atoms with E-state index in [2.05, 4.69) is 24.1 Å². The molecule has 0 aromatic carbocycles. The molecule has 3 heteroatoms. The fourth-order valence-corrected chi connectivity index (χ4v) is 2.50. The van der Waals surface area contributed by atoms with Crippen molar-refractivity contribution in [2.45, 2.75) is 26.3 Å². The van der Waals surface area contributed by atoms with Crippen LogP contribution in [0.2, 0.25) is 0 Å². The molecule has 1 N–H and O–H groups in total. The van der Waals surface area contributed by atoms with Gasteiger partial charge in [0, 0.05) is 23.9 Å². The third kappa shape index (κ3) is 1.19. The molecule has 0 amide bonds. The number of rotatable bonds is 0. The minimum absolute atomic E-state index is 0.518. The van der Waals surface area contributed by atoms with Crippen LogP contribution < -0.4 is 5.32 Å². The zero-order valence-corrected chi connectivity index (χ0v) is 7.66. The van der Waals surface area contributed by atoms with Gasteiger partial charge in [-0.3, -0.25) is 0 Å². The number of aromatic nitrogens is 1. The number of thiazole rings is 1. The second-order valence-electron chi connectivity index (χ2n) is 2.97. The molecule has 2 nitrogen and oxygen atoms in total. The highest BCUT2D eigenvalue weighted by Gasteiger charge is 2.18. The van der Waals surface area contributed by atoms with Crippen molar-refractivity contribution < 1.29 is 0 Å². The van der Waals surface area contributed by atoms with Crippen LogP contribution in [0.1, 0.15) is 28.5 Å². The van der Waals surface area contributed by atoms with Crippen molar-refractivity contribution in [2.24, 2.45) is 0 Å². The Morgan fingerprint density at radius 2 is 2.45 bits per heavy atom. The molecular formula is C8H12N2S. The molecule has 0 saturated carbocycles. The Labute approximate surface area is 70.7 Å². The van der Waals surface area contributed by atoms with Crippen molar-refractivity contribution >= 4 is 11.3 Å². The molecule has 1 aromatic heterocycles. The molecule has 0 fully saturated rings. The fraction of sp³-hybridized carbons (Fsp3) is 0.625. The van der Waals surface area contributed by atoms with Gasteiger partial charge in [0.25, 0.3) is 0 Å². The number of hydrogen-bond donors (Lipinski definition) is 1. The molecule has 1 atom stereocenters. The van der Waals surface area contributed by atoms with Gasteiger partial charge in [-0.2, -0.15) is 0 Å². The lowest BCUT2D eigenvalue weighted by Gasteiger charge is -2.18. The molecule has 0 radical (unpaired) electrons. The third-order valence-corrected chi connectivity index (χ3v) is 3.24. The maximum atomic E-state index is 4.48. The minimum atomic E-state index is 0.518. The highest BCUT2D eigenvalue weighted by molar-refractivity contribution is 7.11. The van der Waals surface area contributed by atoms with E-state index in [0.717, 1.165) is 13.0 Å². The predicted octanol–water partition coefficient (Wildman–Crippen LogP) is 1.66. The van der Waals surface area contributed by atoms with Crippen LogP contribution in [0, 0.1) is 6.92 Å². The largest absolute Gasteiger partial charge is 0.309 e. The lowest BCUT2D eigenvalue weighted by molar-refractivity contribution is 0.544. The predicted molar refractivity (Wildman–Crippen MR) is 47.0 cm³/mol. The normalized spacial score (nSPS) is 23.3. The first-order chi connectivity index (χ1) is 5.27. The first-order valence-electron chi connectivity index (χ1n) is 3.97. The Balaban J connectivity index is 2.43. The second-order valence-corrected chi connectivity index (χ2v) is 4.20. The summed E-state index contributed by atoms with van der Waals surface area (Å²) in [5, 5.41) is 4.62. The zero-order chi connectivity index (χ0) is 7.84. The fourth-order valence-electron chi connectivity index (χ4n) is 1.50. The van der Waals surface area contributed by atoms with Gasteiger partial charge in [-0.1, -0.05) is 0 Å². The van der Waals surface area contributed by atoms with E-state index < -0.39 is 0 Å². The van der Waals surface area contributed by atoms with Gasteiger partial charge in [0.1, 0.15) is 0 Å². The van der Waals surface area contributed by atoms with E-state index in [1.807, 2.05) is 11.3 Å². The molecule has 1 aromatic rings. The molecule has 0 saturated heterocycles. The van der Waals surface area contributed by atoms with Gasteiger partial charge in [0.2, 0.25) is 0 Å². The summed E-state index contributed by atoms with van der Waals surface area (Å²) in [7, 11) is 0. The summed E-state index contributed by atoms with van der Waals surface area (Å²) in [5.41, 5.74) is 1.32. The van der Waals surface area contributed by atoms with Gasteiger partial charge >= 0.3 is 0 Å². The average Bonchev–Trinajstić information content (AvgIpc) is 2.31. The maximum absolute atomic E-state index is 4.48. The maximum Gasteiger partial charge on any atom is 0.0900 e. The van der Waals surface area contributed by atoms with Crippen LogP contribution >= 0.6 is 11.3 Å². The highest BCUT2D eigenvalue weighted by Crippen LogP contribution is 2.27. The van der Waals surface area contributed by atoms with Gasteiger partial charge < -0.3 is 5.32 Å². The topological polar surface area (TPSA) is 24.9 Å². The van der Waals surface area contributed by atoms with Gasteiger partial charge in [-0.15, -0.1) is 11.3 Å². The Bertz CT molecular complexity index is 267. The lowest BCUT2D eigenvalue weighted by atomic mass is 10.1. The summed E-state index contributed by atoms with van der Waals surface area (Å²) >= 11 is 1.82. The van der Waals surface area contributed by atoms with E-state index in [1.165, 1.54) is 15.6 Å². The van der Waals surface area contributed by atoms with Crippen LogP contribution in [0.15, 0.2) is 0 Å². The number of nitrogens with zero attached hydrogens (tertiary/aromatic N) is 1. The number of hydrogen-bond acceptors (Lipinski definition) is 3. The molecule has 1 aliphatic heterocycles. The van der Waals surface area contributed by atoms with E-state index in [9.17, 15) is 0 Å². The van der Waals surface area contributed by atoms with Gasteiger partial charge in [0.15, 0.2) is 0 Å². The second kappa shape index (κ2) is 2.57. The first-order valence-corrected chi connectivity index (χ1v) is 4.78. The summed E-state index contributed by atoms with van der Waals surface area (Å²) in [4.78, 5) is 5.92. The van der Waals surface area contributed by atoms with Crippen molar-refractivity contribution in [3.8, 4) is 0 Å². The van der Waals surface area contributed by atoms with Gasteiger partial charge in [-0.05, 0) is 13.8 Å². The van der Waals surface area contributed by atoms with Crippen LogP contribution in [0.25, 0.3) is 0 Å². The van der Waals surface area contributed by atoms with Crippen molar-refractivity contribution in [1.82, 2.24) is 10.3 Å². The van der Waals surface area contributed by atoms with E-state index >= 15 is 0 Å². The SMILES string of the molecule is Cc1nc2c(s1)C(C)NCC2. The molecular weight excluding hydrogens is 156 g/mol. The zero-order valence-electron chi connectivity index (χ0n) is 6.85. The Hall–Kier alpha value is -0.410. The van der Waals surface area contributed by atoms with Crippen LogP contribution in [-0.4, -0.2) is 11.5 Å². The van der Waals surface area contributed by atoms with Crippen LogP contribution in [0.4, 0.5) is 0 Å². The lowest BCUT2D eigenvalue weighted by Crippen LogP contribution is -2.26. The van der Waals surface area contributed by atoms with E-state index in [1.54, 1.807) is 0 Å². The summed E-state index contributed by atoms with van der Waals surface area (Å²) in [6.07, 6.45) is 1.10. The quantitative estimate of drug-likeness (QED) is 0.637. The van der Waals surface area contributed by atoms with E-state index in [0.29, 0.717) is 6.04 Å². The Morgan fingerprint density at radius 3 is 3.18 bits per heavy atom. The number of aryl methyl sites for hydroxylation is 1. The molecule has 11 heavy (non-hydrogen) atoms. The Morgan fingerprint density at radius 1 is 1.64 bits per heavy atom. The Kier molecular flexibility index (Phi) is 1.69. The molecule has 0 spiro atoms. The van der Waals surface area contributed by atoms with E-state index in [4.69, 9.17) is 0 Å². The summed E-state index contributed by atoms with van der Waals surface area (Å²) in [6, 6.07) is 0.518. The standard InChI is InChI=1S/C8H12N2S/c1-5-8-7(3-4-9-5)10-6(2)11-8/h5,9H,3-4H2,1-2H3. The van der Waals surface area contributed by atoms with Crippen molar-refractivity contribution in [3.63, 3.8) is 0 Å². The summed E-state index contributed by atoms with van der Waals surface area (Å²) in [5.74, 6) is 0. The minimum Gasteiger partial charge on any atom is -0.309 e. The van der Waals surface area contributed by atoms with Gasteiger partial charge in [0.05, 0.1) is 10.7 Å². The molecule has 1 aliphatic rings. The highest BCUT2D eigenvalue weighted by atomic mass is 32.1. The van der Waals surface area contributed by atoms with Crippen molar-refractivity contribution in [3.05, 3.63) is 15.6 Å². The van der Waals surface area contributed by atoms with Crippen LogP contribution in [-0.2, 0) is 6.42 Å². The molecule has 0 aliphatic carbocycles. The average molecular weight is 168 g/mol. The molecule has 1 unspecified atom stereocenters. The monoisotopic (exact) mass is 168 g/mol. The molecule has 60 valence electrons. The number of fused-ring (bicyclic) bond motifs is 1. The molecule has 2 rings (SSSR count). The van der Waals surface area contributed by atoms with Crippen molar-refractivity contribution in [1.29, 1.82) is 0 Å². The van der Waals surface area contributed by atoms with Crippen LogP contribution in [0.3, 0.4) is 0 Å².